The summed E-state index contributed by atoms with van der Waals surface area (Å²) < 4.78 is 23.1. The number of nitrogens with two attached hydrogens (primary N) is 1. The molecule has 0 saturated carbocycles. The number of hydrogen-bond donors (Lipinski definition) is 1. The summed E-state index contributed by atoms with van der Waals surface area (Å²) in [5, 5.41) is 4.98. The van der Waals surface area contributed by atoms with Gasteiger partial charge in [0.25, 0.3) is 10.2 Å². The highest BCUT2D eigenvalue weighted by Gasteiger charge is 2.28. The van der Waals surface area contributed by atoms with Gasteiger partial charge in [0.05, 0.1) is 0 Å². The summed E-state index contributed by atoms with van der Waals surface area (Å²) in [6.07, 6.45) is 0.865. The Balaban J connectivity index is 2.61. The Morgan fingerprint density at radius 1 is 1.58 bits per heavy atom. The van der Waals surface area contributed by atoms with E-state index >= 15 is 0 Å². The van der Waals surface area contributed by atoms with Gasteiger partial charge in [0, 0.05) is 19.6 Å². The van der Waals surface area contributed by atoms with Crippen molar-refractivity contribution in [2.24, 2.45) is 5.14 Å². The number of nitrogens with zero attached hydrogens (tertiary/aromatic N) is 2. The van der Waals surface area contributed by atoms with Crippen molar-refractivity contribution < 1.29 is 8.42 Å². The van der Waals surface area contributed by atoms with Crippen LogP contribution in [0.1, 0.15) is 6.42 Å². The first kappa shape index (κ1) is 9.91. The predicted octanol–water partition coefficient (Wildman–Crippen LogP) is -1.17. The Bertz CT molecular complexity index is 252. The van der Waals surface area contributed by atoms with Crippen LogP contribution >= 0.6 is 0 Å². The van der Waals surface area contributed by atoms with Gasteiger partial charge in [-0.3, -0.25) is 0 Å². The summed E-state index contributed by atoms with van der Waals surface area (Å²) in [5.41, 5.74) is 0. The fourth-order valence-electron chi connectivity index (χ4n) is 1.42. The van der Waals surface area contributed by atoms with Gasteiger partial charge in [-0.1, -0.05) is 0 Å². The molecule has 1 aliphatic heterocycles. The normalized spacial score (nSPS) is 26.8. The first-order valence-electron chi connectivity index (χ1n) is 3.85. The van der Waals surface area contributed by atoms with Crippen molar-refractivity contribution >= 4 is 10.2 Å². The van der Waals surface area contributed by atoms with Gasteiger partial charge in [-0.2, -0.15) is 12.7 Å². The third-order valence-corrected chi connectivity index (χ3v) is 3.38. The lowest BCUT2D eigenvalue weighted by Gasteiger charge is -2.20. The molecule has 0 aliphatic carbocycles. The van der Waals surface area contributed by atoms with Crippen LogP contribution in [-0.4, -0.2) is 50.8 Å². The van der Waals surface area contributed by atoms with Crippen LogP contribution < -0.4 is 5.14 Å². The zero-order chi connectivity index (χ0) is 9.35. The van der Waals surface area contributed by atoms with Crippen molar-refractivity contribution in [3.8, 4) is 0 Å². The average molecular weight is 193 g/mol. The molecule has 0 bridgehead atoms. The highest BCUT2D eigenvalue weighted by Crippen LogP contribution is 2.13. The first-order valence-corrected chi connectivity index (χ1v) is 5.36. The molecule has 1 heterocycles. The third kappa shape index (κ3) is 2.16. The summed E-state index contributed by atoms with van der Waals surface area (Å²) in [5.74, 6) is 0. The quantitative estimate of drug-likeness (QED) is 0.600. The number of hydrogen-bond acceptors (Lipinski definition) is 3. The molecule has 0 spiro atoms. The maximum absolute atomic E-state index is 10.9. The molecule has 12 heavy (non-hydrogen) atoms. The van der Waals surface area contributed by atoms with E-state index in [0.29, 0.717) is 0 Å². The number of likely N-dealkylation sites (N-methyl/N-ethyl adjacent to an activating group) is 2. The smallest absolute Gasteiger partial charge is 0.276 e. The second-order valence-corrected chi connectivity index (χ2v) is 4.87. The average Bonchev–Trinajstić information content (AvgIpc) is 2.32. The molecule has 1 rings (SSSR count). The Hall–Kier alpha value is -0.170. The van der Waals surface area contributed by atoms with E-state index in [-0.39, 0.29) is 6.04 Å². The van der Waals surface area contributed by atoms with Crippen LogP contribution in [0.4, 0.5) is 0 Å². The van der Waals surface area contributed by atoms with Gasteiger partial charge in [-0.25, -0.2) is 5.14 Å². The molecule has 5 nitrogen and oxygen atoms in total. The minimum Gasteiger partial charge on any atom is -0.305 e. The van der Waals surface area contributed by atoms with E-state index in [2.05, 4.69) is 4.90 Å². The minimum absolute atomic E-state index is 0.0463. The summed E-state index contributed by atoms with van der Waals surface area (Å²) in [4.78, 5) is 2.09. The lowest BCUT2D eigenvalue weighted by Crippen LogP contribution is -2.42. The van der Waals surface area contributed by atoms with Gasteiger partial charge < -0.3 is 4.90 Å². The molecule has 1 unspecified atom stereocenters. The van der Waals surface area contributed by atoms with Crippen molar-refractivity contribution in [1.29, 1.82) is 0 Å². The van der Waals surface area contributed by atoms with E-state index in [4.69, 9.17) is 5.14 Å². The standard InChI is InChI=1S/C6H15N3O2S/c1-8-4-3-6(5-8)9(2)12(7,10)11/h6H,3-5H2,1-2H3,(H2,7,10,11). The maximum Gasteiger partial charge on any atom is 0.276 e. The Kier molecular flexibility index (Phi) is 2.72. The van der Waals surface area contributed by atoms with Crippen LogP contribution in [0, 0.1) is 0 Å². The van der Waals surface area contributed by atoms with Gasteiger partial charge in [-0.15, -0.1) is 0 Å². The number of likely N-dealkylation sites (tertiary alicyclic amines) is 1. The topological polar surface area (TPSA) is 66.6 Å². The zero-order valence-corrected chi connectivity index (χ0v) is 8.21. The Morgan fingerprint density at radius 3 is 2.50 bits per heavy atom. The molecular weight excluding hydrogens is 178 g/mol. The molecule has 0 aromatic rings. The molecule has 0 amide bonds. The van der Waals surface area contributed by atoms with E-state index in [1.807, 2.05) is 7.05 Å². The van der Waals surface area contributed by atoms with Gasteiger partial charge in [0.1, 0.15) is 0 Å². The second kappa shape index (κ2) is 3.29. The molecule has 72 valence electrons. The van der Waals surface area contributed by atoms with Crippen LogP contribution in [0.15, 0.2) is 0 Å². The van der Waals surface area contributed by atoms with Crippen molar-refractivity contribution in [2.75, 3.05) is 27.2 Å². The zero-order valence-electron chi connectivity index (χ0n) is 7.40. The van der Waals surface area contributed by atoms with Gasteiger partial charge in [-0.05, 0) is 20.0 Å². The van der Waals surface area contributed by atoms with E-state index in [1.54, 1.807) is 0 Å². The first-order chi connectivity index (χ1) is 5.41. The largest absolute Gasteiger partial charge is 0.305 e. The molecule has 1 atom stereocenters. The van der Waals surface area contributed by atoms with E-state index in [0.717, 1.165) is 19.5 Å². The molecule has 1 saturated heterocycles. The van der Waals surface area contributed by atoms with E-state index in [9.17, 15) is 8.42 Å². The molecule has 0 aromatic carbocycles. The van der Waals surface area contributed by atoms with Crippen LogP contribution in [0.25, 0.3) is 0 Å². The van der Waals surface area contributed by atoms with E-state index in [1.165, 1.54) is 11.4 Å². The van der Waals surface area contributed by atoms with Gasteiger partial charge >= 0.3 is 0 Å². The lowest BCUT2D eigenvalue weighted by atomic mass is 10.3. The molecule has 0 radical (unpaired) electrons. The molecule has 1 aliphatic rings. The van der Waals surface area contributed by atoms with Crippen molar-refractivity contribution in [3.63, 3.8) is 0 Å². The highest BCUT2D eigenvalue weighted by molar-refractivity contribution is 7.86. The van der Waals surface area contributed by atoms with Crippen LogP contribution in [0.5, 0.6) is 0 Å². The van der Waals surface area contributed by atoms with E-state index < -0.39 is 10.2 Å². The number of rotatable bonds is 2. The maximum atomic E-state index is 10.9. The summed E-state index contributed by atoms with van der Waals surface area (Å²) in [7, 11) is -0.00684. The van der Waals surface area contributed by atoms with Crippen LogP contribution in [-0.2, 0) is 10.2 Å². The predicted molar refractivity (Wildman–Crippen MR) is 46.8 cm³/mol. The monoisotopic (exact) mass is 193 g/mol. The highest BCUT2D eigenvalue weighted by atomic mass is 32.2. The SMILES string of the molecule is CN1CCC(N(C)S(N)(=O)=O)C1. The molecule has 0 aromatic heterocycles. The lowest BCUT2D eigenvalue weighted by molar-refractivity contribution is 0.346. The third-order valence-electron chi connectivity index (χ3n) is 2.28. The van der Waals surface area contributed by atoms with Crippen molar-refractivity contribution in [3.05, 3.63) is 0 Å². The summed E-state index contributed by atoms with van der Waals surface area (Å²) >= 11 is 0. The van der Waals surface area contributed by atoms with Gasteiger partial charge in [0.2, 0.25) is 0 Å². The second-order valence-electron chi connectivity index (χ2n) is 3.27. The molecular formula is C6H15N3O2S. The summed E-state index contributed by atoms with van der Waals surface area (Å²) in [6, 6.07) is 0.0463. The minimum atomic E-state index is -3.50. The Labute approximate surface area is 73.3 Å². The van der Waals surface area contributed by atoms with Crippen molar-refractivity contribution in [2.45, 2.75) is 12.5 Å². The fraction of sp³-hybridized carbons (Fsp3) is 1.00. The van der Waals surface area contributed by atoms with Crippen LogP contribution in [0.2, 0.25) is 0 Å². The molecule has 2 N–H and O–H groups in total. The summed E-state index contributed by atoms with van der Waals surface area (Å²) in [6.45, 7) is 1.71. The fourth-order valence-corrected chi connectivity index (χ4v) is 2.00. The molecule has 1 fully saturated rings. The van der Waals surface area contributed by atoms with Crippen LogP contribution in [0.3, 0.4) is 0 Å². The Morgan fingerprint density at radius 2 is 2.17 bits per heavy atom. The van der Waals surface area contributed by atoms with Gasteiger partial charge in [0.15, 0.2) is 0 Å². The van der Waals surface area contributed by atoms with Crippen molar-refractivity contribution in [1.82, 2.24) is 9.21 Å². The molecule has 6 heteroatoms.